The number of sulfone groups is 2. The lowest BCUT2D eigenvalue weighted by Gasteiger charge is -2.34. The van der Waals surface area contributed by atoms with Gasteiger partial charge in [0.2, 0.25) is 19.7 Å². The summed E-state index contributed by atoms with van der Waals surface area (Å²) in [4.78, 5) is 11.0. The normalized spacial score (nSPS) is 19.0. The molecule has 0 bridgehead atoms. The molecule has 0 radical (unpaired) electrons. The Balaban J connectivity index is 2.26. The molecule has 1 aliphatic rings. The molecule has 0 amide bonds. The molecule has 27 heavy (non-hydrogen) atoms. The molecule has 0 aliphatic heterocycles. The first-order valence-corrected chi connectivity index (χ1v) is 11.5. The summed E-state index contributed by atoms with van der Waals surface area (Å²) in [5.74, 6) is -1.80. The van der Waals surface area contributed by atoms with Crippen molar-refractivity contribution in [1.29, 1.82) is 0 Å². The molecule has 2 aromatic carbocycles. The summed E-state index contributed by atoms with van der Waals surface area (Å²) in [6, 6.07) is 13.3. The Hall–Kier alpha value is -2.06. The summed E-state index contributed by atoms with van der Waals surface area (Å²) in [6.07, 6.45) is 0.0299. The van der Waals surface area contributed by atoms with Crippen LogP contribution in [0.1, 0.15) is 25.7 Å². The largest absolute Gasteiger partial charge is 0.320 e. The van der Waals surface area contributed by atoms with Crippen LogP contribution in [0.25, 0.3) is 0 Å². The van der Waals surface area contributed by atoms with E-state index in [-0.39, 0.29) is 25.0 Å². The van der Waals surface area contributed by atoms with E-state index in [1.165, 1.54) is 24.3 Å². The van der Waals surface area contributed by atoms with E-state index in [1.54, 1.807) is 12.1 Å². The van der Waals surface area contributed by atoms with Gasteiger partial charge in [-0.1, -0.05) is 36.4 Å². The number of alkyl halides is 1. The highest BCUT2D eigenvalue weighted by atomic mass is 32.3. The third-order valence-electron chi connectivity index (χ3n) is 4.81. The molecule has 1 atom stereocenters. The van der Waals surface area contributed by atoms with E-state index in [1.807, 2.05) is 0 Å². The van der Waals surface area contributed by atoms with E-state index in [9.17, 15) is 21.6 Å². The number of halogens is 1. The van der Waals surface area contributed by atoms with Crippen molar-refractivity contribution in [3.63, 3.8) is 0 Å². The average Bonchev–Trinajstić information content (AvgIpc) is 2.68. The molecule has 0 unspecified atom stereocenters. The molecule has 3 rings (SSSR count). The van der Waals surface area contributed by atoms with E-state index >= 15 is 4.39 Å². The van der Waals surface area contributed by atoms with Crippen LogP contribution < -0.4 is 0 Å². The lowest BCUT2D eigenvalue weighted by Crippen LogP contribution is -2.50. The van der Waals surface area contributed by atoms with E-state index in [0.717, 1.165) is 24.3 Å². The van der Waals surface area contributed by atoms with Crippen LogP contribution in [-0.4, -0.2) is 27.0 Å². The van der Waals surface area contributed by atoms with Gasteiger partial charge in [-0.25, -0.2) is 21.2 Å². The molecule has 2 aromatic rings. The summed E-state index contributed by atoms with van der Waals surface area (Å²) >= 11 is 0. The van der Waals surface area contributed by atoms with Crippen LogP contribution in [0.2, 0.25) is 0 Å². The summed E-state index contributed by atoms with van der Waals surface area (Å²) < 4.78 is 65.7. The molecule has 144 valence electrons. The molecule has 8 heteroatoms. The van der Waals surface area contributed by atoms with Gasteiger partial charge in [0.15, 0.2) is 0 Å². The van der Waals surface area contributed by atoms with Crippen LogP contribution in [0.4, 0.5) is 4.39 Å². The van der Waals surface area contributed by atoms with Crippen LogP contribution in [0.5, 0.6) is 0 Å². The van der Waals surface area contributed by atoms with Crippen molar-refractivity contribution in [3.8, 4) is 0 Å². The Labute approximate surface area is 158 Å². The smallest absolute Gasteiger partial charge is 0.300 e. The fourth-order valence-corrected chi connectivity index (χ4v) is 8.11. The zero-order valence-corrected chi connectivity index (χ0v) is 16.0. The number of carbonyl (C=O) groups is 1. The maximum absolute atomic E-state index is 16.4. The van der Waals surface area contributed by atoms with E-state index in [4.69, 9.17) is 0 Å². The Kier molecular flexibility index (Phi) is 5.22. The van der Waals surface area contributed by atoms with E-state index < -0.39 is 46.1 Å². The number of hydrogen-bond acceptors (Lipinski definition) is 5. The SMILES string of the molecule is O=C1CCC[C@H](C(F)(S(=O)(=O)c2ccccc2)S(=O)(=O)c2ccccc2)C1. The topological polar surface area (TPSA) is 85.3 Å². The summed E-state index contributed by atoms with van der Waals surface area (Å²) in [5, 5.41) is 0. The number of ketones is 1. The first-order valence-electron chi connectivity index (χ1n) is 8.51. The fourth-order valence-electron chi connectivity index (χ4n) is 3.42. The van der Waals surface area contributed by atoms with Gasteiger partial charge in [-0.15, -0.1) is 0 Å². The second-order valence-electron chi connectivity index (χ2n) is 6.55. The van der Waals surface area contributed by atoms with Crippen LogP contribution in [-0.2, 0) is 24.5 Å². The van der Waals surface area contributed by atoms with Crippen molar-refractivity contribution in [2.45, 2.75) is 39.8 Å². The first-order chi connectivity index (χ1) is 12.7. The minimum Gasteiger partial charge on any atom is -0.300 e. The van der Waals surface area contributed by atoms with E-state index in [0.29, 0.717) is 0 Å². The highest BCUT2D eigenvalue weighted by Gasteiger charge is 2.62. The van der Waals surface area contributed by atoms with Gasteiger partial charge in [0, 0.05) is 18.8 Å². The molecule has 0 heterocycles. The molecule has 0 N–H and O–H groups in total. The van der Waals surface area contributed by atoms with Gasteiger partial charge in [0.05, 0.1) is 9.79 Å². The van der Waals surface area contributed by atoms with Crippen LogP contribution in [0, 0.1) is 5.92 Å². The zero-order chi connectivity index (χ0) is 19.7. The predicted molar refractivity (Wildman–Crippen MR) is 98.1 cm³/mol. The van der Waals surface area contributed by atoms with Gasteiger partial charge in [-0.2, -0.15) is 0 Å². The van der Waals surface area contributed by atoms with Gasteiger partial charge < -0.3 is 0 Å². The third kappa shape index (κ3) is 3.21. The molecular formula is C19H19FO5S2. The molecule has 0 saturated heterocycles. The number of hydrogen-bond donors (Lipinski definition) is 0. The molecule has 5 nitrogen and oxygen atoms in total. The Bertz CT molecular complexity index is 963. The fraction of sp³-hybridized carbons (Fsp3) is 0.316. The van der Waals surface area contributed by atoms with Crippen LogP contribution in [0.3, 0.4) is 0 Å². The quantitative estimate of drug-likeness (QED) is 0.755. The van der Waals surface area contributed by atoms with Gasteiger partial charge in [0.1, 0.15) is 5.78 Å². The molecular weight excluding hydrogens is 391 g/mol. The zero-order valence-electron chi connectivity index (χ0n) is 14.4. The summed E-state index contributed by atoms with van der Waals surface area (Å²) in [5.41, 5.74) is 0. The van der Waals surface area contributed by atoms with Gasteiger partial charge in [-0.05, 0) is 37.1 Å². The first kappa shape index (κ1) is 19.7. The molecule has 0 aromatic heterocycles. The number of carbonyl (C=O) groups excluding carboxylic acids is 1. The van der Waals surface area contributed by atoms with Crippen LogP contribution in [0.15, 0.2) is 70.5 Å². The van der Waals surface area contributed by atoms with Crippen molar-refractivity contribution >= 4 is 25.5 Å². The van der Waals surface area contributed by atoms with Gasteiger partial charge in [0.25, 0.3) is 0 Å². The number of benzene rings is 2. The van der Waals surface area contributed by atoms with Crippen molar-refractivity contribution in [2.75, 3.05) is 0 Å². The van der Waals surface area contributed by atoms with Crippen molar-refractivity contribution in [3.05, 3.63) is 60.7 Å². The van der Waals surface area contributed by atoms with Crippen molar-refractivity contribution < 1.29 is 26.0 Å². The maximum Gasteiger partial charge on any atom is 0.320 e. The summed E-state index contributed by atoms with van der Waals surface area (Å²) in [7, 11) is -9.87. The Morgan fingerprint density at radius 2 is 1.26 bits per heavy atom. The third-order valence-corrected chi connectivity index (χ3v) is 10.0. The lowest BCUT2D eigenvalue weighted by molar-refractivity contribution is -0.122. The Morgan fingerprint density at radius 3 is 1.67 bits per heavy atom. The second kappa shape index (κ2) is 7.16. The standard InChI is InChI=1S/C19H19FO5S2/c20-19(15-8-7-9-16(21)14-15,26(22,23)17-10-3-1-4-11-17)27(24,25)18-12-5-2-6-13-18/h1-6,10-13,15H,7-9,14H2/t15-/m0/s1. The minimum absolute atomic E-state index is 0.000364. The molecule has 1 fully saturated rings. The molecule has 1 saturated carbocycles. The Morgan fingerprint density at radius 1 is 0.815 bits per heavy atom. The highest BCUT2D eigenvalue weighted by molar-refractivity contribution is 8.10. The maximum atomic E-state index is 16.4. The summed E-state index contributed by atoms with van der Waals surface area (Å²) in [6.45, 7) is 0. The molecule has 0 spiro atoms. The average molecular weight is 410 g/mol. The second-order valence-corrected chi connectivity index (χ2v) is 11.0. The highest BCUT2D eigenvalue weighted by Crippen LogP contribution is 2.47. The lowest BCUT2D eigenvalue weighted by atomic mass is 9.89. The van der Waals surface area contributed by atoms with Gasteiger partial charge in [-0.3, -0.25) is 4.79 Å². The minimum atomic E-state index is -4.94. The monoisotopic (exact) mass is 410 g/mol. The van der Waals surface area contributed by atoms with Crippen LogP contribution >= 0.6 is 0 Å². The van der Waals surface area contributed by atoms with Gasteiger partial charge >= 0.3 is 4.33 Å². The number of rotatable bonds is 5. The predicted octanol–water partition coefficient (Wildman–Crippen LogP) is 3.32. The molecule has 1 aliphatic carbocycles. The van der Waals surface area contributed by atoms with Crippen molar-refractivity contribution in [1.82, 2.24) is 0 Å². The number of Topliss-reactive ketones (excluding diaryl/α,β-unsaturated/α-hetero) is 1. The van der Waals surface area contributed by atoms with E-state index in [2.05, 4.69) is 0 Å². The van der Waals surface area contributed by atoms with Crippen molar-refractivity contribution in [2.24, 2.45) is 5.92 Å².